The Kier molecular flexibility index (Phi) is 4.80. The molecule has 0 aliphatic heterocycles. The molecule has 0 unspecified atom stereocenters. The maximum atomic E-state index is 9.54. The van der Waals surface area contributed by atoms with Crippen LogP contribution < -0.4 is 0 Å². The number of benzene rings is 1. The highest BCUT2D eigenvalue weighted by atomic mass is 16.4. The minimum absolute atomic E-state index is 0.216. The fourth-order valence-corrected chi connectivity index (χ4v) is 1.75. The lowest BCUT2D eigenvalue weighted by molar-refractivity contribution is -0.0541. The summed E-state index contributed by atoms with van der Waals surface area (Å²) in [5.41, 5.74) is 1.72. The average Bonchev–Trinajstić information content (AvgIpc) is 2.88. The monoisotopic (exact) mass is 279 g/mol. The number of para-hydroxylation sites is 2. The summed E-state index contributed by atoms with van der Waals surface area (Å²) in [6, 6.07) is 7.54. The Labute approximate surface area is 115 Å². The van der Waals surface area contributed by atoms with Gasteiger partial charge in [-0.25, -0.2) is 4.98 Å². The van der Waals surface area contributed by atoms with Crippen LogP contribution in [0.5, 0.6) is 0 Å². The van der Waals surface area contributed by atoms with Crippen LogP contribution in [0.15, 0.2) is 29.3 Å². The number of aromatic amines is 1. The predicted molar refractivity (Wildman–Crippen MR) is 73.4 cm³/mol. The quantitative estimate of drug-likeness (QED) is 0.443. The first-order valence-corrected chi connectivity index (χ1v) is 6.20. The third-order valence-electron chi connectivity index (χ3n) is 2.87. The number of nitrogens with zero attached hydrogens (tertiary/aromatic N) is 2. The molecule has 3 atom stereocenters. The number of hydrogen-bond donors (Lipinski definition) is 5. The van der Waals surface area contributed by atoms with Gasteiger partial charge < -0.3 is 25.4 Å². The van der Waals surface area contributed by atoms with E-state index in [1.54, 1.807) is 0 Å². The molecule has 0 bridgehead atoms. The summed E-state index contributed by atoms with van der Waals surface area (Å²) in [4.78, 5) is 11.3. The van der Waals surface area contributed by atoms with Gasteiger partial charge in [-0.2, -0.15) is 0 Å². The summed E-state index contributed by atoms with van der Waals surface area (Å²) in [6.07, 6.45) is -3.10. The molecule has 7 heteroatoms. The van der Waals surface area contributed by atoms with Crippen LogP contribution >= 0.6 is 0 Å². The van der Waals surface area contributed by atoms with Crippen molar-refractivity contribution in [2.75, 3.05) is 6.61 Å². The van der Waals surface area contributed by atoms with E-state index in [0.29, 0.717) is 5.82 Å². The van der Waals surface area contributed by atoms with E-state index >= 15 is 0 Å². The van der Waals surface area contributed by atoms with Gasteiger partial charge in [-0.15, -0.1) is 0 Å². The van der Waals surface area contributed by atoms with Gasteiger partial charge in [0.2, 0.25) is 0 Å². The minimum atomic E-state index is -1.47. The van der Waals surface area contributed by atoms with Gasteiger partial charge in [0.15, 0.2) is 0 Å². The van der Waals surface area contributed by atoms with Crippen molar-refractivity contribution in [3.05, 3.63) is 30.1 Å². The van der Waals surface area contributed by atoms with Crippen LogP contribution in [0.25, 0.3) is 11.0 Å². The topological polar surface area (TPSA) is 122 Å². The zero-order chi connectivity index (χ0) is 14.5. The van der Waals surface area contributed by atoms with Crippen molar-refractivity contribution in [2.45, 2.75) is 24.9 Å². The van der Waals surface area contributed by atoms with E-state index < -0.39 is 24.9 Å². The van der Waals surface area contributed by atoms with Gasteiger partial charge in [-0.05, 0) is 12.1 Å². The second-order valence-corrected chi connectivity index (χ2v) is 4.42. The Hall–Kier alpha value is -1.80. The van der Waals surface area contributed by atoms with Gasteiger partial charge in [0.25, 0.3) is 0 Å². The number of aliphatic imine (C=N–C) groups is 1. The van der Waals surface area contributed by atoms with Crippen molar-refractivity contribution in [3.8, 4) is 0 Å². The van der Waals surface area contributed by atoms with Crippen molar-refractivity contribution in [1.29, 1.82) is 0 Å². The van der Waals surface area contributed by atoms with Crippen LogP contribution in [-0.4, -0.2) is 61.5 Å². The lowest BCUT2D eigenvalue weighted by Gasteiger charge is -2.17. The van der Waals surface area contributed by atoms with Crippen molar-refractivity contribution in [3.63, 3.8) is 0 Å². The van der Waals surface area contributed by atoms with Crippen molar-refractivity contribution < 1.29 is 20.4 Å². The highest BCUT2D eigenvalue weighted by Crippen LogP contribution is 2.10. The van der Waals surface area contributed by atoms with Crippen LogP contribution in [0, 0.1) is 0 Å². The highest BCUT2D eigenvalue weighted by molar-refractivity contribution is 5.74. The van der Waals surface area contributed by atoms with Crippen molar-refractivity contribution >= 4 is 17.2 Å². The van der Waals surface area contributed by atoms with E-state index in [1.165, 1.54) is 0 Å². The summed E-state index contributed by atoms with van der Waals surface area (Å²) in [5, 5.41) is 36.8. The molecule has 5 N–H and O–H groups in total. The lowest BCUT2D eigenvalue weighted by atomic mass is 10.1. The Morgan fingerprint density at radius 2 is 2.00 bits per heavy atom. The average molecular weight is 279 g/mol. The normalized spacial score (nSPS) is 16.6. The summed E-state index contributed by atoms with van der Waals surface area (Å²) in [7, 11) is 0. The first-order valence-electron chi connectivity index (χ1n) is 6.20. The molecule has 0 aliphatic carbocycles. The van der Waals surface area contributed by atoms with Crippen LogP contribution in [-0.2, 0) is 6.54 Å². The Morgan fingerprint density at radius 3 is 2.70 bits per heavy atom. The van der Waals surface area contributed by atoms with Crippen molar-refractivity contribution in [1.82, 2.24) is 9.97 Å². The summed E-state index contributed by atoms with van der Waals surface area (Å²) in [5.74, 6) is 0.631. The molecule has 1 heterocycles. The third kappa shape index (κ3) is 3.40. The van der Waals surface area contributed by atoms with E-state index in [9.17, 15) is 10.2 Å². The summed E-state index contributed by atoms with van der Waals surface area (Å²) < 4.78 is 0. The number of rotatable bonds is 6. The fourth-order valence-electron chi connectivity index (χ4n) is 1.75. The smallest absolute Gasteiger partial charge is 0.128 e. The molecule has 7 nitrogen and oxygen atoms in total. The number of imidazole rings is 1. The Bertz CT molecular complexity index is 551. The molecule has 0 spiro atoms. The van der Waals surface area contributed by atoms with E-state index in [-0.39, 0.29) is 6.54 Å². The molecule has 0 amide bonds. The predicted octanol–water partition coefficient (Wildman–Crippen LogP) is -0.791. The first kappa shape index (κ1) is 14.6. The maximum Gasteiger partial charge on any atom is 0.128 e. The molecular formula is C13H17N3O4. The van der Waals surface area contributed by atoms with Crippen LogP contribution in [0.1, 0.15) is 5.82 Å². The standard InChI is InChI=1S/C13H17N3O4/c17-7-11(19)13(20)10(18)5-14-6-12-15-8-3-1-2-4-9(8)16-12/h1-5,10-11,13,17-20H,6-7H2,(H,15,16)/t10-,11-,13+/m1/s1. The van der Waals surface area contributed by atoms with E-state index in [0.717, 1.165) is 17.2 Å². The van der Waals surface area contributed by atoms with E-state index in [1.807, 2.05) is 24.3 Å². The molecule has 0 saturated carbocycles. The largest absolute Gasteiger partial charge is 0.394 e. The molecule has 0 saturated heterocycles. The Morgan fingerprint density at radius 1 is 1.25 bits per heavy atom. The lowest BCUT2D eigenvalue weighted by Crippen LogP contribution is -2.40. The highest BCUT2D eigenvalue weighted by Gasteiger charge is 2.22. The van der Waals surface area contributed by atoms with Crippen LogP contribution in [0.2, 0.25) is 0 Å². The second-order valence-electron chi connectivity index (χ2n) is 4.42. The van der Waals surface area contributed by atoms with Gasteiger partial charge >= 0.3 is 0 Å². The number of aromatic nitrogens is 2. The van der Waals surface area contributed by atoms with Crippen LogP contribution in [0.3, 0.4) is 0 Å². The molecule has 1 aromatic heterocycles. The van der Waals surface area contributed by atoms with E-state index in [2.05, 4.69) is 15.0 Å². The number of aliphatic hydroxyl groups is 4. The number of H-pyrrole nitrogens is 1. The third-order valence-corrected chi connectivity index (χ3v) is 2.87. The Balaban J connectivity index is 1.95. The van der Waals surface area contributed by atoms with Gasteiger partial charge in [-0.3, -0.25) is 4.99 Å². The molecule has 1 aromatic carbocycles. The van der Waals surface area contributed by atoms with E-state index in [4.69, 9.17) is 10.2 Å². The van der Waals surface area contributed by atoms with Gasteiger partial charge in [0.1, 0.15) is 24.1 Å². The zero-order valence-corrected chi connectivity index (χ0v) is 10.7. The zero-order valence-electron chi connectivity index (χ0n) is 10.7. The molecule has 2 rings (SSSR count). The molecule has 0 radical (unpaired) electrons. The number of nitrogens with one attached hydrogen (secondary N) is 1. The molecule has 0 fully saturated rings. The maximum absolute atomic E-state index is 9.54. The molecule has 20 heavy (non-hydrogen) atoms. The summed E-state index contributed by atoms with van der Waals surface area (Å²) in [6.45, 7) is -0.413. The SMILES string of the molecule is OC[C@@H](O)[C@@H](O)[C@H](O)C=NCc1nc2ccccc2[nH]1. The number of aliphatic hydroxyl groups excluding tert-OH is 4. The van der Waals surface area contributed by atoms with Crippen LogP contribution in [0.4, 0.5) is 0 Å². The fraction of sp³-hybridized carbons (Fsp3) is 0.385. The van der Waals surface area contributed by atoms with Gasteiger partial charge in [0.05, 0.1) is 24.2 Å². The van der Waals surface area contributed by atoms with Gasteiger partial charge in [0, 0.05) is 6.21 Å². The number of hydrogen-bond acceptors (Lipinski definition) is 6. The molecule has 2 aromatic rings. The molecular weight excluding hydrogens is 262 g/mol. The first-order chi connectivity index (χ1) is 9.61. The molecule has 0 aliphatic rings. The molecule has 108 valence electrons. The minimum Gasteiger partial charge on any atom is -0.394 e. The van der Waals surface area contributed by atoms with Crippen molar-refractivity contribution in [2.24, 2.45) is 4.99 Å². The number of fused-ring (bicyclic) bond motifs is 1. The second kappa shape index (κ2) is 6.58. The summed E-state index contributed by atoms with van der Waals surface area (Å²) >= 11 is 0. The van der Waals surface area contributed by atoms with Gasteiger partial charge in [-0.1, -0.05) is 12.1 Å².